The number of benzene rings is 1. The molecular weight excluding hydrogens is 224 g/mol. The Kier molecular flexibility index (Phi) is 2.95. The van der Waals surface area contributed by atoms with Gasteiger partial charge < -0.3 is 10.4 Å². The van der Waals surface area contributed by atoms with Crippen LogP contribution in [0.4, 0.5) is 5.69 Å². The summed E-state index contributed by atoms with van der Waals surface area (Å²) in [6.07, 6.45) is 2.17. The fourth-order valence-electron chi connectivity index (χ4n) is 1.52. The first-order chi connectivity index (χ1) is 8.08. The number of carbonyl (C=O) groups is 1. The summed E-state index contributed by atoms with van der Waals surface area (Å²) in [7, 11) is 0. The zero-order valence-electron chi connectivity index (χ0n) is 9.05. The first-order valence-corrected chi connectivity index (χ1v) is 5.33. The summed E-state index contributed by atoms with van der Waals surface area (Å²) in [5, 5.41) is 22.6. The molecule has 1 aliphatic rings. The lowest BCUT2D eigenvalue weighted by Gasteiger charge is -2.05. The van der Waals surface area contributed by atoms with Gasteiger partial charge in [0.1, 0.15) is 11.3 Å². The Labute approximate surface area is 97.4 Å². The van der Waals surface area contributed by atoms with E-state index in [9.17, 15) is 20.0 Å². The molecule has 0 aliphatic heterocycles. The average Bonchev–Trinajstić information content (AvgIpc) is 3.09. The van der Waals surface area contributed by atoms with Crippen LogP contribution in [0.5, 0.6) is 5.75 Å². The molecule has 1 saturated carbocycles. The fourth-order valence-corrected chi connectivity index (χ4v) is 1.52. The zero-order chi connectivity index (χ0) is 12.4. The molecule has 1 aromatic rings. The van der Waals surface area contributed by atoms with E-state index in [0.717, 1.165) is 25.0 Å². The molecule has 1 aliphatic carbocycles. The van der Waals surface area contributed by atoms with E-state index < -0.39 is 10.8 Å². The molecular formula is C11H12N2O4. The molecule has 2 rings (SSSR count). The number of nitrogens with zero attached hydrogens (tertiary/aromatic N) is 1. The van der Waals surface area contributed by atoms with E-state index in [1.54, 1.807) is 0 Å². The maximum absolute atomic E-state index is 11.7. The van der Waals surface area contributed by atoms with Crippen LogP contribution in [0.15, 0.2) is 18.2 Å². The summed E-state index contributed by atoms with van der Waals surface area (Å²) < 4.78 is 0. The van der Waals surface area contributed by atoms with Crippen LogP contribution in [-0.2, 0) is 0 Å². The standard InChI is InChI=1S/C11H12N2O4/c14-8-3-4-10(13(16)17)9(5-8)11(15)12-6-7-1-2-7/h3-5,7,14H,1-2,6H2,(H,12,15). The Morgan fingerprint density at radius 3 is 2.82 bits per heavy atom. The predicted octanol–water partition coefficient (Wildman–Crippen LogP) is 1.44. The molecule has 0 heterocycles. The van der Waals surface area contributed by atoms with Gasteiger partial charge in [-0.15, -0.1) is 0 Å². The predicted molar refractivity (Wildman–Crippen MR) is 59.8 cm³/mol. The van der Waals surface area contributed by atoms with Gasteiger partial charge in [-0.2, -0.15) is 0 Å². The van der Waals surface area contributed by atoms with Gasteiger partial charge in [0, 0.05) is 12.6 Å². The summed E-state index contributed by atoms with van der Waals surface area (Å²) in [5.74, 6) is -0.179. The van der Waals surface area contributed by atoms with Crippen LogP contribution in [0, 0.1) is 16.0 Å². The van der Waals surface area contributed by atoms with E-state index >= 15 is 0 Å². The lowest BCUT2D eigenvalue weighted by Crippen LogP contribution is -2.26. The first kappa shape index (κ1) is 11.4. The van der Waals surface area contributed by atoms with E-state index in [4.69, 9.17) is 0 Å². The highest BCUT2D eigenvalue weighted by atomic mass is 16.6. The molecule has 0 saturated heterocycles. The van der Waals surface area contributed by atoms with Crippen LogP contribution in [-0.4, -0.2) is 22.5 Å². The van der Waals surface area contributed by atoms with Crippen molar-refractivity contribution in [1.82, 2.24) is 5.32 Å². The highest BCUT2D eigenvalue weighted by Crippen LogP contribution is 2.28. The molecule has 1 amide bonds. The van der Waals surface area contributed by atoms with E-state index in [1.807, 2.05) is 0 Å². The van der Waals surface area contributed by atoms with Gasteiger partial charge in [0.05, 0.1) is 4.92 Å². The summed E-state index contributed by atoms with van der Waals surface area (Å²) in [4.78, 5) is 21.8. The number of carbonyl (C=O) groups excluding carboxylic acids is 1. The third-order valence-corrected chi connectivity index (χ3v) is 2.67. The second-order valence-corrected chi connectivity index (χ2v) is 4.11. The summed E-state index contributed by atoms with van der Waals surface area (Å²) in [5.41, 5.74) is -0.397. The Morgan fingerprint density at radius 1 is 1.53 bits per heavy atom. The van der Waals surface area contributed by atoms with Crippen LogP contribution in [0.25, 0.3) is 0 Å². The Morgan fingerprint density at radius 2 is 2.24 bits per heavy atom. The molecule has 17 heavy (non-hydrogen) atoms. The third-order valence-electron chi connectivity index (χ3n) is 2.67. The zero-order valence-corrected chi connectivity index (χ0v) is 9.05. The number of nitro groups is 1. The normalized spacial score (nSPS) is 14.4. The molecule has 0 aromatic heterocycles. The quantitative estimate of drug-likeness (QED) is 0.611. The van der Waals surface area contributed by atoms with E-state index in [0.29, 0.717) is 12.5 Å². The number of nitro benzene ring substituents is 1. The lowest BCUT2D eigenvalue weighted by molar-refractivity contribution is -0.385. The van der Waals surface area contributed by atoms with Crippen molar-refractivity contribution >= 4 is 11.6 Å². The Balaban J connectivity index is 2.18. The number of amides is 1. The van der Waals surface area contributed by atoms with Gasteiger partial charge >= 0.3 is 0 Å². The topological polar surface area (TPSA) is 92.5 Å². The molecule has 6 nitrogen and oxygen atoms in total. The number of phenolic OH excluding ortho intramolecular Hbond substituents is 1. The first-order valence-electron chi connectivity index (χ1n) is 5.33. The average molecular weight is 236 g/mol. The van der Waals surface area contributed by atoms with Gasteiger partial charge in [0.2, 0.25) is 0 Å². The van der Waals surface area contributed by atoms with Crippen LogP contribution < -0.4 is 5.32 Å². The number of hydrogen-bond acceptors (Lipinski definition) is 4. The molecule has 0 unspecified atom stereocenters. The molecule has 0 atom stereocenters. The maximum Gasteiger partial charge on any atom is 0.282 e. The summed E-state index contributed by atoms with van der Waals surface area (Å²) in [6.45, 7) is 0.533. The van der Waals surface area contributed by atoms with Crippen molar-refractivity contribution in [2.24, 2.45) is 5.92 Å². The van der Waals surface area contributed by atoms with Gasteiger partial charge in [0.25, 0.3) is 11.6 Å². The van der Waals surface area contributed by atoms with Crippen LogP contribution >= 0.6 is 0 Å². The third kappa shape index (κ3) is 2.72. The second kappa shape index (κ2) is 4.40. The van der Waals surface area contributed by atoms with Crippen LogP contribution in [0.2, 0.25) is 0 Å². The number of hydrogen-bond donors (Lipinski definition) is 2. The summed E-state index contributed by atoms with van der Waals surface area (Å²) in [6, 6.07) is 3.43. The molecule has 0 bridgehead atoms. The number of rotatable bonds is 4. The van der Waals surface area contributed by atoms with Gasteiger partial charge in [-0.3, -0.25) is 14.9 Å². The molecule has 1 fully saturated rings. The molecule has 0 radical (unpaired) electrons. The maximum atomic E-state index is 11.7. The monoisotopic (exact) mass is 236 g/mol. The van der Waals surface area contributed by atoms with E-state index in [1.165, 1.54) is 6.07 Å². The van der Waals surface area contributed by atoms with Crippen molar-refractivity contribution in [2.45, 2.75) is 12.8 Å². The van der Waals surface area contributed by atoms with Crippen molar-refractivity contribution in [3.05, 3.63) is 33.9 Å². The van der Waals surface area contributed by atoms with Gasteiger partial charge in [-0.25, -0.2) is 0 Å². The summed E-state index contributed by atoms with van der Waals surface area (Å²) >= 11 is 0. The smallest absolute Gasteiger partial charge is 0.282 e. The Hall–Kier alpha value is -2.11. The highest BCUT2D eigenvalue weighted by Gasteiger charge is 2.25. The molecule has 0 spiro atoms. The largest absolute Gasteiger partial charge is 0.508 e. The second-order valence-electron chi connectivity index (χ2n) is 4.11. The van der Waals surface area contributed by atoms with E-state index in [-0.39, 0.29) is 17.0 Å². The Bertz CT molecular complexity index is 469. The van der Waals surface area contributed by atoms with Crippen LogP contribution in [0.3, 0.4) is 0 Å². The van der Waals surface area contributed by atoms with Crippen LogP contribution in [0.1, 0.15) is 23.2 Å². The lowest BCUT2D eigenvalue weighted by atomic mass is 10.1. The minimum atomic E-state index is -0.633. The van der Waals surface area contributed by atoms with Crippen molar-refractivity contribution in [3.8, 4) is 5.75 Å². The van der Waals surface area contributed by atoms with E-state index in [2.05, 4.69) is 5.32 Å². The minimum absolute atomic E-state index is 0.101. The minimum Gasteiger partial charge on any atom is -0.508 e. The van der Waals surface area contributed by atoms with Crippen molar-refractivity contribution in [3.63, 3.8) is 0 Å². The van der Waals surface area contributed by atoms with Crippen molar-refractivity contribution in [1.29, 1.82) is 0 Å². The molecule has 90 valence electrons. The molecule has 6 heteroatoms. The highest BCUT2D eigenvalue weighted by molar-refractivity contribution is 5.98. The van der Waals surface area contributed by atoms with Gasteiger partial charge in [-0.05, 0) is 30.9 Å². The number of nitrogens with one attached hydrogen (secondary N) is 1. The SMILES string of the molecule is O=C(NCC1CC1)c1cc(O)ccc1[N+](=O)[O-]. The van der Waals surface area contributed by atoms with Gasteiger partial charge in [0.15, 0.2) is 0 Å². The van der Waals surface area contributed by atoms with Gasteiger partial charge in [-0.1, -0.05) is 0 Å². The number of aromatic hydroxyl groups is 1. The molecule has 1 aromatic carbocycles. The fraction of sp³-hybridized carbons (Fsp3) is 0.364. The number of phenols is 1. The molecule has 2 N–H and O–H groups in total. The van der Waals surface area contributed by atoms with Crippen molar-refractivity contribution in [2.75, 3.05) is 6.54 Å². The van der Waals surface area contributed by atoms with Crippen molar-refractivity contribution < 1.29 is 14.8 Å².